The Labute approximate surface area is 263 Å². The van der Waals surface area contributed by atoms with E-state index in [1.165, 1.54) is 9.40 Å². The maximum Gasteiger partial charge on any atom is 0.126 e. The van der Waals surface area contributed by atoms with Crippen LogP contribution in [0.25, 0.3) is 41.6 Å². The van der Waals surface area contributed by atoms with E-state index in [-0.39, 0.29) is 0 Å². The zero-order valence-corrected chi connectivity index (χ0v) is 25.7. The minimum atomic E-state index is 0.656. The van der Waals surface area contributed by atoms with Gasteiger partial charge in [0, 0.05) is 24.2 Å². The summed E-state index contributed by atoms with van der Waals surface area (Å²) in [6, 6.07) is 33.5. The van der Waals surface area contributed by atoms with E-state index in [0.29, 0.717) is 6.67 Å². The highest BCUT2D eigenvalue weighted by atomic mass is 32.1. The van der Waals surface area contributed by atoms with Gasteiger partial charge in [-0.25, -0.2) is 20.0 Å². The number of hydrogen-bond donors (Lipinski definition) is 2. The lowest BCUT2D eigenvalue weighted by Gasteiger charge is -2.47. The van der Waals surface area contributed by atoms with Crippen molar-refractivity contribution >= 4 is 54.5 Å². The molecule has 2 aliphatic rings. The highest BCUT2D eigenvalue weighted by molar-refractivity contribution is 7.22. The first kappa shape index (κ1) is 27.6. The highest BCUT2D eigenvalue weighted by Gasteiger charge is 2.30. The van der Waals surface area contributed by atoms with Gasteiger partial charge in [0.25, 0.3) is 0 Å². The van der Waals surface area contributed by atoms with Gasteiger partial charge in [-0.05, 0) is 48.5 Å². The van der Waals surface area contributed by atoms with Crippen LogP contribution in [0.5, 0.6) is 0 Å². The largest absolute Gasteiger partial charge is 0.379 e. The number of ether oxygens (including phenoxy) is 1. The number of hydrogen-bond acceptors (Lipinski definition) is 11. The van der Waals surface area contributed by atoms with Gasteiger partial charge in [0.1, 0.15) is 10.0 Å². The number of rotatable bonds is 7. The Kier molecular flexibility index (Phi) is 7.66. The van der Waals surface area contributed by atoms with E-state index in [1.807, 2.05) is 12.1 Å². The molecule has 11 heteroatoms. The molecule has 44 heavy (non-hydrogen) atoms. The number of benzene rings is 4. The van der Waals surface area contributed by atoms with Crippen LogP contribution in [0.4, 0.5) is 11.4 Å². The normalized spacial score (nSPS) is 17.4. The molecule has 2 aromatic heterocycles. The Balaban J connectivity index is 1.08. The molecule has 2 saturated heterocycles. The first-order valence-electron chi connectivity index (χ1n) is 14.8. The molecular weight excluding hydrogens is 589 g/mol. The zero-order chi connectivity index (χ0) is 29.3. The van der Waals surface area contributed by atoms with Crippen LogP contribution >= 0.6 is 22.7 Å². The van der Waals surface area contributed by atoms with Crippen LogP contribution < -0.4 is 10.9 Å². The van der Waals surface area contributed by atoms with Crippen LogP contribution in [0.1, 0.15) is 0 Å². The van der Waals surface area contributed by atoms with Crippen LogP contribution in [0.15, 0.2) is 97.1 Å². The number of aromatic nitrogens is 2. The number of morpholine rings is 1. The fourth-order valence-electron chi connectivity index (χ4n) is 5.74. The lowest BCUT2D eigenvalue weighted by atomic mass is 10.2. The van der Waals surface area contributed by atoms with Gasteiger partial charge in [-0.1, -0.05) is 48.5 Å². The van der Waals surface area contributed by atoms with Crippen molar-refractivity contribution in [1.29, 1.82) is 0 Å². The summed E-state index contributed by atoms with van der Waals surface area (Å²) in [5.41, 5.74) is 13.8. The van der Waals surface area contributed by atoms with E-state index in [2.05, 4.69) is 116 Å². The number of anilines is 2. The van der Waals surface area contributed by atoms with Crippen molar-refractivity contribution in [2.24, 2.45) is 0 Å². The van der Waals surface area contributed by atoms with Crippen molar-refractivity contribution in [2.75, 3.05) is 57.2 Å². The van der Waals surface area contributed by atoms with E-state index in [1.54, 1.807) is 22.7 Å². The molecule has 0 unspecified atom stereocenters. The van der Waals surface area contributed by atoms with Gasteiger partial charge >= 0.3 is 0 Å². The first-order valence-corrected chi connectivity index (χ1v) is 16.4. The fourth-order valence-corrected chi connectivity index (χ4v) is 7.75. The maximum atomic E-state index is 5.68. The summed E-state index contributed by atoms with van der Waals surface area (Å²) < 4.78 is 8.06. The third kappa shape index (κ3) is 5.66. The summed E-state index contributed by atoms with van der Waals surface area (Å²) in [6.07, 6.45) is 0. The molecule has 0 radical (unpaired) electrons. The maximum absolute atomic E-state index is 5.68. The van der Waals surface area contributed by atoms with Crippen LogP contribution in [0.2, 0.25) is 0 Å². The quantitative estimate of drug-likeness (QED) is 0.205. The fraction of sp³-hybridized carbons (Fsp3) is 0.212. The summed E-state index contributed by atoms with van der Waals surface area (Å²) in [5.74, 6) is 0. The standard InChI is InChI=1S/C33H32N8OS2/c1-3-11-26(24(9-1)32-34-28-13-5-7-15-30(28)43-32)36-38-21-39(23-41(22-38)40-17-19-42-20-18-40)37-27-12-4-2-10-25(27)33-35-29-14-6-8-16-31(29)44-33/h1-16,36-37H,17-23H2. The van der Waals surface area contributed by atoms with Gasteiger partial charge in [0.05, 0.1) is 65.0 Å². The van der Waals surface area contributed by atoms with Gasteiger partial charge in [-0.2, -0.15) is 10.0 Å². The molecule has 0 bridgehead atoms. The van der Waals surface area contributed by atoms with E-state index in [9.17, 15) is 0 Å². The van der Waals surface area contributed by atoms with Crippen molar-refractivity contribution in [1.82, 2.24) is 30.0 Å². The van der Waals surface area contributed by atoms with E-state index in [0.717, 1.165) is 83.2 Å². The van der Waals surface area contributed by atoms with Gasteiger partial charge in [-0.15, -0.1) is 22.7 Å². The summed E-state index contributed by atoms with van der Waals surface area (Å²) in [5, 5.41) is 11.3. The minimum absolute atomic E-state index is 0.656. The zero-order valence-electron chi connectivity index (χ0n) is 24.1. The van der Waals surface area contributed by atoms with E-state index in [4.69, 9.17) is 14.7 Å². The van der Waals surface area contributed by atoms with Crippen molar-refractivity contribution < 1.29 is 4.74 Å². The SMILES string of the molecule is c1ccc(-c2nc3ccccc3s2)c(NN2CN(Nc3ccccc3-c3nc4ccccc4s3)CN(N3CCOCC3)C2)c1. The molecule has 2 fully saturated rings. The third-order valence-corrected chi connectivity index (χ3v) is 10.00. The number of hydrazine groups is 3. The Morgan fingerprint density at radius 2 is 1.02 bits per heavy atom. The molecule has 8 rings (SSSR count). The molecule has 2 aliphatic heterocycles. The van der Waals surface area contributed by atoms with Crippen molar-refractivity contribution in [3.63, 3.8) is 0 Å². The number of para-hydroxylation sites is 4. The van der Waals surface area contributed by atoms with Crippen molar-refractivity contribution in [2.45, 2.75) is 0 Å². The van der Waals surface area contributed by atoms with Crippen LogP contribution in [0, 0.1) is 0 Å². The van der Waals surface area contributed by atoms with Gasteiger partial charge in [-0.3, -0.25) is 0 Å². The second-order valence-corrected chi connectivity index (χ2v) is 12.9. The average Bonchev–Trinajstić information content (AvgIpc) is 3.70. The lowest BCUT2D eigenvalue weighted by molar-refractivity contribution is -0.159. The molecule has 4 heterocycles. The van der Waals surface area contributed by atoms with Crippen molar-refractivity contribution in [3.8, 4) is 21.1 Å². The Hall–Kier alpha value is -3.94. The Morgan fingerprint density at radius 3 is 1.55 bits per heavy atom. The molecule has 2 N–H and O–H groups in total. The smallest absolute Gasteiger partial charge is 0.126 e. The molecule has 222 valence electrons. The predicted octanol–water partition coefficient (Wildman–Crippen LogP) is 6.63. The van der Waals surface area contributed by atoms with Gasteiger partial charge in [0.2, 0.25) is 0 Å². The Bertz CT molecular complexity index is 1710. The van der Waals surface area contributed by atoms with E-state index < -0.39 is 0 Å². The summed E-state index contributed by atoms with van der Waals surface area (Å²) in [6.45, 7) is 5.32. The third-order valence-electron chi connectivity index (χ3n) is 7.86. The molecule has 0 atom stereocenters. The van der Waals surface area contributed by atoms with Crippen molar-refractivity contribution in [3.05, 3.63) is 97.1 Å². The average molecular weight is 621 g/mol. The van der Waals surface area contributed by atoms with Gasteiger partial charge < -0.3 is 15.6 Å². The predicted molar refractivity (Wildman–Crippen MR) is 180 cm³/mol. The van der Waals surface area contributed by atoms with Crippen LogP contribution in [-0.2, 0) is 4.74 Å². The minimum Gasteiger partial charge on any atom is -0.379 e. The van der Waals surface area contributed by atoms with Crippen LogP contribution in [0.3, 0.4) is 0 Å². The highest BCUT2D eigenvalue weighted by Crippen LogP contribution is 2.36. The first-order chi connectivity index (χ1) is 21.8. The monoisotopic (exact) mass is 620 g/mol. The van der Waals surface area contributed by atoms with E-state index >= 15 is 0 Å². The Morgan fingerprint density at radius 1 is 0.545 bits per heavy atom. The number of nitrogens with one attached hydrogen (secondary N) is 2. The molecule has 6 aromatic rings. The number of nitrogens with zero attached hydrogens (tertiary/aromatic N) is 6. The second-order valence-electron chi connectivity index (χ2n) is 10.9. The van der Waals surface area contributed by atoms with Gasteiger partial charge in [0.15, 0.2) is 0 Å². The molecule has 4 aromatic carbocycles. The molecular formula is C33H32N8OS2. The summed E-state index contributed by atoms with van der Waals surface area (Å²) >= 11 is 3.45. The number of fused-ring (bicyclic) bond motifs is 2. The molecule has 9 nitrogen and oxygen atoms in total. The summed E-state index contributed by atoms with van der Waals surface area (Å²) in [4.78, 5) is 9.90. The van der Waals surface area contributed by atoms with Crippen LogP contribution in [-0.4, -0.2) is 76.3 Å². The summed E-state index contributed by atoms with van der Waals surface area (Å²) in [7, 11) is 0. The molecule has 0 spiro atoms. The molecule has 0 saturated carbocycles. The second kappa shape index (κ2) is 12.2. The number of thiazole rings is 2. The topological polar surface area (TPSA) is 72.0 Å². The molecule has 0 aliphatic carbocycles. The molecule has 0 amide bonds. The lowest BCUT2D eigenvalue weighted by Crippen LogP contribution is -2.63.